The number of nitrogens with one attached hydrogen (secondary N) is 1. The minimum atomic E-state index is 0. The lowest BCUT2D eigenvalue weighted by atomic mass is 10.1. The van der Waals surface area contributed by atoms with Gasteiger partial charge in [-0.15, -0.1) is 35.3 Å². The fourth-order valence-corrected chi connectivity index (χ4v) is 3.59. The molecule has 0 aliphatic carbocycles. The van der Waals surface area contributed by atoms with Gasteiger partial charge in [0.15, 0.2) is 5.96 Å². The molecule has 25 heavy (non-hydrogen) atoms. The molecule has 1 N–H and O–H groups in total. The summed E-state index contributed by atoms with van der Waals surface area (Å²) in [5.41, 5.74) is 1.17. The van der Waals surface area contributed by atoms with E-state index in [1.165, 1.54) is 10.7 Å². The second kappa shape index (κ2) is 12.8. The van der Waals surface area contributed by atoms with Gasteiger partial charge in [0.05, 0.1) is 30.5 Å². The van der Waals surface area contributed by atoms with Crippen LogP contribution < -0.4 is 5.32 Å². The van der Waals surface area contributed by atoms with E-state index in [0.717, 1.165) is 51.5 Å². The summed E-state index contributed by atoms with van der Waals surface area (Å²) in [7, 11) is 3.55. The van der Waals surface area contributed by atoms with Crippen LogP contribution in [0, 0.1) is 5.92 Å². The van der Waals surface area contributed by atoms with Crippen molar-refractivity contribution in [1.29, 1.82) is 0 Å². The molecule has 1 aromatic heterocycles. The first-order valence-corrected chi connectivity index (χ1v) is 9.60. The topological polar surface area (TPSA) is 59.0 Å². The van der Waals surface area contributed by atoms with Gasteiger partial charge in [0.2, 0.25) is 0 Å². The summed E-state index contributed by atoms with van der Waals surface area (Å²) < 4.78 is 10.7. The molecule has 0 radical (unpaired) electrons. The fourth-order valence-electron chi connectivity index (χ4n) is 2.81. The molecule has 8 heteroatoms. The first-order valence-electron chi connectivity index (χ1n) is 8.72. The van der Waals surface area contributed by atoms with E-state index in [9.17, 15) is 0 Å². The number of hydrogen-bond donors (Lipinski definition) is 1. The van der Waals surface area contributed by atoms with Crippen molar-refractivity contribution in [3.8, 4) is 0 Å². The van der Waals surface area contributed by atoms with Gasteiger partial charge < -0.3 is 19.7 Å². The number of halogens is 1. The summed E-state index contributed by atoms with van der Waals surface area (Å²) in [6.07, 6.45) is 3.11. The Kier molecular flexibility index (Phi) is 11.6. The van der Waals surface area contributed by atoms with E-state index in [2.05, 4.69) is 32.5 Å². The average Bonchev–Trinajstić information content (AvgIpc) is 3.25. The van der Waals surface area contributed by atoms with Crippen LogP contribution in [-0.4, -0.2) is 69.5 Å². The normalized spacial score (nSPS) is 17.6. The Hall–Kier alpha value is -0.450. The highest BCUT2D eigenvalue weighted by molar-refractivity contribution is 14.0. The summed E-state index contributed by atoms with van der Waals surface area (Å²) in [6.45, 7) is 7.19. The summed E-state index contributed by atoms with van der Waals surface area (Å²) in [4.78, 5) is 11.3. The van der Waals surface area contributed by atoms with Crippen molar-refractivity contribution in [3.63, 3.8) is 0 Å². The molecule has 0 aromatic carbocycles. The number of aromatic nitrogens is 1. The zero-order chi connectivity index (χ0) is 17.2. The van der Waals surface area contributed by atoms with Crippen molar-refractivity contribution in [3.05, 3.63) is 16.1 Å². The molecule has 2 rings (SSSR count). The van der Waals surface area contributed by atoms with Crippen molar-refractivity contribution >= 4 is 41.3 Å². The third-order valence-corrected chi connectivity index (χ3v) is 5.19. The lowest BCUT2D eigenvalue weighted by molar-refractivity contribution is 0.0536. The lowest BCUT2D eigenvalue weighted by Gasteiger charge is -2.21. The molecule has 0 saturated carbocycles. The molecule has 1 aliphatic heterocycles. The van der Waals surface area contributed by atoms with Crippen molar-refractivity contribution in [1.82, 2.24) is 15.2 Å². The van der Waals surface area contributed by atoms with E-state index < -0.39 is 0 Å². The molecular formula is C17H31IN4O2S. The number of ether oxygens (including phenoxy) is 2. The highest BCUT2D eigenvalue weighted by atomic mass is 127. The molecule has 1 aromatic rings. The first kappa shape index (κ1) is 22.6. The minimum Gasteiger partial charge on any atom is -0.382 e. The molecular weight excluding hydrogens is 451 g/mol. The van der Waals surface area contributed by atoms with Gasteiger partial charge in [0.1, 0.15) is 0 Å². The number of methoxy groups -OCH3 is 1. The Morgan fingerprint density at radius 1 is 1.48 bits per heavy atom. The third-order valence-electron chi connectivity index (χ3n) is 4.15. The number of hydrogen-bond acceptors (Lipinski definition) is 5. The van der Waals surface area contributed by atoms with Crippen molar-refractivity contribution in [2.75, 3.05) is 53.6 Å². The van der Waals surface area contributed by atoms with Crippen LogP contribution in [0.2, 0.25) is 0 Å². The zero-order valence-corrected chi connectivity index (χ0v) is 18.6. The lowest BCUT2D eigenvalue weighted by Crippen LogP contribution is -2.41. The van der Waals surface area contributed by atoms with Crippen molar-refractivity contribution in [2.24, 2.45) is 10.9 Å². The van der Waals surface area contributed by atoms with Gasteiger partial charge >= 0.3 is 0 Å². The standard InChI is InChI=1S/C17H30N4O2S.HI/c1-4-16-20-15(13-24-16)5-7-19-17(18-2)21-8-6-14(11-21)12-23-10-9-22-3;/h13-14H,4-12H2,1-3H3,(H,18,19);1H. The van der Waals surface area contributed by atoms with E-state index in [-0.39, 0.29) is 24.0 Å². The van der Waals surface area contributed by atoms with Crippen LogP contribution in [-0.2, 0) is 22.3 Å². The summed E-state index contributed by atoms with van der Waals surface area (Å²) in [5, 5.41) is 6.84. The number of nitrogens with zero attached hydrogens (tertiary/aromatic N) is 3. The molecule has 1 saturated heterocycles. The number of likely N-dealkylation sites (tertiary alicyclic amines) is 1. The predicted octanol–water partition coefficient (Wildman–Crippen LogP) is 2.43. The maximum atomic E-state index is 5.65. The second-order valence-electron chi connectivity index (χ2n) is 5.98. The van der Waals surface area contributed by atoms with Crippen LogP contribution in [0.4, 0.5) is 0 Å². The van der Waals surface area contributed by atoms with Crippen LogP contribution >= 0.6 is 35.3 Å². The number of guanidine groups is 1. The first-order chi connectivity index (χ1) is 11.8. The van der Waals surface area contributed by atoms with Crippen LogP contribution in [0.15, 0.2) is 10.4 Å². The number of rotatable bonds is 9. The molecule has 1 atom stereocenters. The van der Waals surface area contributed by atoms with Gasteiger partial charge in [-0.05, 0) is 12.8 Å². The molecule has 0 amide bonds. The van der Waals surface area contributed by atoms with E-state index in [4.69, 9.17) is 9.47 Å². The molecule has 6 nitrogen and oxygen atoms in total. The summed E-state index contributed by atoms with van der Waals surface area (Å²) in [5.74, 6) is 1.56. The Morgan fingerprint density at radius 3 is 3.00 bits per heavy atom. The Bertz CT molecular complexity index is 513. The van der Waals surface area contributed by atoms with Gasteiger partial charge in [-0.1, -0.05) is 6.92 Å². The molecule has 0 spiro atoms. The van der Waals surface area contributed by atoms with Crippen LogP contribution in [0.3, 0.4) is 0 Å². The summed E-state index contributed by atoms with van der Waals surface area (Å²) >= 11 is 1.75. The van der Waals surface area contributed by atoms with Gasteiger partial charge in [-0.2, -0.15) is 0 Å². The van der Waals surface area contributed by atoms with Crippen LogP contribution in [0.5, 0.6) is 0 Å². The maximum Gasteiger partial charge on any atom is 0.193 e. The minimum absolute atomic E-state index is 0. The molecule has 1 aliphatic rings. The SMILES string of the molecule is CCc1nc(CCNC(=NC)N2CCC(COCCOC)C2)cs1.I. The third kappa shape index (κ3) is 7.76. The average molecular weight is 482 g/mol. The highest BCUT2D eigenvalue weighted by Gasteiger charge is 2.24. The Labute approximate surface area is 172 Å². The van der Waals surface area contributed by atoms with Crippen LogP contribution in [0.1, 0.15) is 24.0 Å². The van der Waals surface area contributed by atoms with Gasteiger partial charge in [-0.25, -0.2) is 4.98 Å². The molecule has 2 heterocycles. The fraction of sp³-hybridized carbons (Fsp3) is 0.765. The highest BCUT2D eigenvalue weighted by Crippen LogP contribution is 2.16. The van der Waals surface area contributed by atoms with E-state index in [0.29, 0.717) is 19.1 Å². The zero-order valence-electron chi connectivity index (χ0n) is 15.5. The van der Waals surface area contributed by atoms with E-state index in [1.807, 2.05) is 7.05 Å². The molecule has 1 unspecified atom stereocenters. The quantitative estimate of drug-likeness (QED) is 0.254. The van der Waals surface area contributed by atoms with Gasteiger partial charge in [0.25, 0.3) is 0 Å². The van der Waals surface area contributed by atoms with E-state index in [1.54, 1.807) is 18.4 Å². The smallest absolute Gasteiger partial charge is 0.193 e. The Morgan fingerprint density at radius 2 is 2.32 bits per heavy atom. The maximum absolute atomic E-state index is 5.65. The van der Waals surface area contributed by atoms with E-state index >= 15 is 0 Å². The predicted molar refractivity (Wildman–Crippen MR) is 114 cm³/mol. The largest absolute Gasteiger partial charge is 0.382 e. The Balaban J connectivity index is 0.00000312. The number of thiazole rings is 1. The van der Waals surface area contributed by atoms with Crippen molar-refractivity contribution in [2.45, 2.75) is 26.2 Å². The van der Waals surface area contributed by atoms with Gasteiger partial charge in [-0.3, -0.25) is 4.99 Å². The molecule has 144 valence electrons. The number of aryl methyl sites for hydroxylation is 1. The summed E-state index contributed by atoms with van der Waals surface area (Å²) in [6, 6.07) is 0. The number of aliphatic imine (C=N–C) groups is 1. The van der Waals surface area contributed by atoms with Gasteiger partial charge in [0, 0.05) is 51.5 Å². The monoisotopic (exact) mass is 482 g/mol. The van der Waals surface area contributed by atoms with Crippen LogP contribution in [0.25, 0.3) is 0 Å². The molecule has 0 bridgehead atoms. The molecule has 1 fully saturated rings. The second-order valence-corrected chi connectivity index (χ2v) is 6.92. The van der Waals surface area contributed by atoms with Crippen molar-refractivity contribution < 1.29 is 9.47 Å².